The molecule has 0 radical (unpaired) electrons. The molecule has 0 saturated heterocycles. The number of hydrogen-bond donors (Lipinski definition) is 0. The maximum Gasteiger partial charge on any atom is 0.0227 e. The molecule has 0 spiro atoms. The summed E-state index contributed by atoms with van der Waals surface area (Å²) >= 11 is 0. The molecule has 0 atom stereocenters. The van der Waals surface area contributed by atoms with E-state index in [9.17, 15) is 0 Å². The minimum absolute atomic E-state index is 1.03. The Morgan fingerprint density at radius 2 is 0.818 bits per heavy atom. The lowest BCUT2D eigenvalue weighted by Crippen LogP contribution is -2.10. The van der Waals surface area contributed by atoms with Gasteiger partial charge in [-0.1, -0.05) is 108 Å². The fourth-order valence-electron chi connectivity index (χ4n) is 1.33. The van der Waals surface area contributed by atoms with Crippen molar-refractivity contribution >= 4 is 0 Å². The van der Waals surface area contributed by atoms with Crippen LogP contribution in [0.4, 0.5) is 0 Å². The number of rotatable bonds is 2. The van der Waals surface area contributed by atoms with Gasteiger partial charge < -0.3 is 4.90 Å². The molecule has 22 heavy (non-hydrogen) atoms. The van der Waals surface area contributed by atoms with Crippen LogP contribution in [0, 0.1) is 0 Å². The van der Waals surface area contributed by atoms with Gasteiger partial charge in [-0.2, -0.15) is 0 Å². The van der Waals surface area contributed by atoms with E-state index in [-0.39, 0.29) is 0 Å². The van der Waals surface area contributed by atoms with Crippen molar-refractivity contribution in [2.24, 2.45) is 0 Å². The van der Waals surface area contributed by atoms with Crippen molar-refractivity contribution in [2.75, 3.05) is 14.1 Å². The normalized spacial score (nSPS) is 7.68. The second-order valence-corrected chi connectivity index (χ2v) is 3.88. The summed E-state index contributed by atoms with van der Waals surface area (Å²) in [6.45, 7) is 13.0. The van der Waals surface area contributed by atoms with Crippen LogP contribution in [-0.4, -0.2) is 19.0 Å². The van der Waals surface area contributed by atoms with Crippen molar-refractivity contribution in [2.45, 2.75) is 48.1 Å². The Kier molecular flexibility index (Phi) is 28.1. The third-order valence-electron chi connectivity index (χ3n) is 2.01. The molecule has 2 aromatic carbocycles. The van der Waals surface area contributed by atoms with E-state index in [4.69, 9.17) is 0 Å². The lowest BCUT2D eigenvalue weighted by molar-refractivity contribution is 0.402. The third-order valence-corrected chi connectivity index (χ3v) is 2.01. The Bertz CT molecular complexity index is 327. The van der Waals surface area contributed by atoms with Crippen LogP contribution in [0.5, 0.6) is 0 Å². The lowest BCUT2D eigenvalue weighted by atomic mass is 10.2. The van der Waals surface area contributed by atoms with Crippen molar-refractivity contribution in [1.29, 1.82) is 0 Å². The molecule has 1 heteroatoms. The molecule has 0 N–H and O–H groups in total. The second kappa shape index (κ2) is 24.4. The molecule has 0 aliphatic rings. The molecule has 0 bridgehead atoms. The molecule has 2 aromatic rings. The molecular formula is C21H37N. The van der Waals surface area contributed by atoms with Gasteiger partial charge in [0.25, 0.3) is 0 Å². The van der Waals surface area contributed by atoms with E-state index >= 15 is 0 Å². The van der Waals surface area contributed by atoms with Crippen LogP contribution in [0.1, 0.15) is 47.1 Å². The average molecular weight is 304 g/mol. The summed E-state index contributed by atoms with van der Waals surface area (Å²) in [5, 5.41) is 0. The minimum atomic E-state index is 1.03. The summed E-state index contributed by atoms with van der Waals surface area (Å²) in [5.74, 6) is 0. The van der Waals surface area contributed by atoms with Gasteiger partial charge in [-0.25, -0.2) is 0 Å². The highest BCUT2D eigenvalue weighted by molar-refractivity contribution is 5.14. The van der Waals surface area contributed by atoms with Crippen molar-refractivity contribution < 1.29 is 0 Å². The highest BCUT2D eigenvalue weighted by atomic mass is 15.0. The van der Waals surface area contributed by atoms with E-state index in [0.29, 0.717) is 0 Å². The Hall–Kier alpha value is -1.60. The lowest BCUT2D eigenvalue weighted by Gasteiger charge is -2.08. The van der Waals surface area contributed by atoms with Gasteiger partial charge in [-0.15, -0.1) is 0 Å². The van der Waals surface area contributed by atoms with Gasteiger partial charge in [0.2, 0.25) is 0 Å². The molecule has 0 saturated carbocycles. The highest BCUT2D eigenvalue weighted by Gasteiger charge is 1.90. The van der Waals surface area contributed by atoms with E-state index in [1.54, 1.807) is 0 Å². The maximum atomic E-state index is 2.16. The molecular weight excluding hydrogens is 266 g/mol. The van der Waals surface area contributed by atoms with Crippen LogP contribution in [0.2, 0.25) is 0 Å². The molecule has 0 aliphatic heterocycles. The predicted molar refractivity (Wildman–Crippen MR) is 104 cm³/mol. The SMILES string of the molecule is CC.CC.CC.CN(C)Cc1ccccc1.c1ccccc1. The molecule has 0 amide bonds. The summed E-state index contributed by atoms with van der Waals surface area (Å²) < 4.78 is 0. The Morgan fingerprint density at radius 1 is 0.545 bits per heavy atom. The zero-order valence-corrected chi connectivity index (χ0v) is 16.0. The molecule has 0 unspecified atom stereocenters. The first-order chi connectivity index (χ1) is 10.8. The van der Waals surface area contributed by atoms with Gasteiger partial charge in [-0.3, -0.25) is 0 Å². The number of hydrogen-bond acceptors (Lipinski definition) is 1. The van der Waals surface area contributed by atoms with Crippen LogP contribution in [0.25, 0.3) is 0 Å². The monoisotopic (exact) mass is 303 g/mol. The quantitative estimate of drug-likeness (QED) is 0.611. The van der Waals surface area contributed by atoms with E-state index in [0.717, 1.165) is 6.54 Å². The molecule has 126 valence electrons. The minimum Gasteiger partial charge on any atom is -0.305 e. The van der Waals surface area contributed by atoms with E-state index in [1.807, 2.05) is 84.0 Å². The van der Waals surface area contributed by atoms with Gasteiger partial charge in [0.15, 0.2) is 0 Å². The Balaban J connectivity index is -0.000000258. The smallest absolute Gasteiger partial charge is 0.0227 e. The Labute approximate surface area is 140 Å². The van der Waals surface area contributed by atoms with E-state index in [1.165, 1.54) is 5.56 Å². The van der Waals surface area contributed by atoms with Crippen LogP contribution < -0.4 is 0 Å². The summed E-state index contributed by atoms with van der Waals surface area (Å²) in [6, 6.07) is 22.5. The second-order valence-electron chi connectivity index (χ2n) is 3.88. The standard InChI is InChI=1S/C9H13N.C6H6.3C2H6/c1-10(2)8-9-6-4-3-5-7-9;1-2-4-6-5-3-1;3*1-2/h3-7H,8H2,1-2H3;1-6H;3*1-2H3. The van der Waals surface area contributed by atoms with Gasteiger partial charge in [0.05, 0.1) is 0 Å². The van der Waals surface area contributed by atoms with Crippen molar-refractivity contribution in [3.63, 3.8) is 0 Å². The predicted octanol–water partition coefficient (Wildman–Crippen LogP) is 6.51. The summed E-state index contributed by atoms with van der Waals surface area (Å²) in [6.07, 6.45) is 0. The van der Waals surface area contributed by atoms with Gasteiger partial charge in [0.1, 0.15) is 0 Å². The van der Waals surface area contributed by atoms with E-state index < -0.39 is 0 Å². The van der Waals surface area contributed by atoms with E-state index in [2.05, 4.69) is 43.3 Å². The van der Waals surface area contributed by atoms with Crippen LogP contribution in [0.15, 0.2) is 66.7 Å². The van der Waals surface area contributed by atoms with Crippen LogP contribution in [-0.2, 0) is 6.54 Å². The van der Waals surface area contributed by atoms with Gasteiger partial charge in [-0.05, 0) is 19.7 Å². The number of benzene rings is 2. The Morgan fingerprint density at radius 3 is 1.09 bits per heavy atom. The molecule has 0 heterocycles. The molecule has 0 aromatic heterocycles. The fraction of sp³-hybridized carbons (Fsp3) is 0.429. The van der Waals surface area contributed by atoms with Crippen LogP contribution >= 0.6 is 0 Å². The average Bonchev–Trinajstić information content (AvgIpc) is 2.63. The topological polar surface area (TPSA) is 3.24 Å². The zero-order chi connectivity index (χ0) is 17.6. The van der Waals surface area contributed by atoms with Crippen LogP contribution in [0.3, 0.4) is 0 Å². The number of nitrogens with zero attached hydrogens (tertiary/aromatic N) is 1. The first kappa shape index (κ1) is 25.4. The summed E-state index contributed by atoms with van der Waals surface area (Å²) in [7, 11) is 4.15. The molecule has 2 rings (SSSR count). The summed E-state index contributed by atoms with van der Waals surface area (Å²) in [5.41, 5.74) is 1.37. The first-order valence-corrected chi connectivity index (χ1v) is 8.47. The maximum absolute atomic E-state index is 2.16. The van der Waals surface area contributed by atoms with Gasteiger partial charge in [0, 0.05) is 6.54 Å². The zero-order valence-electron chi connectivity index (χ0n) is 16.0. The summed E-state index contributed by atoms with van der Waals surface area (Å²) in [4.78, 5) is 2.16. The van der Waals surface area contributed by atoms with Gasteiger partial charge >= 0.3 is 0 Å². The van der Waals surface area contributed by atoms with Crippen molar-refractivity contribution in [3.05, 3.63) is 72.3 Å². The first-order valence-electron chi connectivity index (χ1n) is 8.47. The third kappa shape index (κ3) is 20.7. The largest absolute Gasteiger partial charge is 0.305 e. The molecule has 0 fully saturated rings. The molecule has 1 nitrogen and oxygen atoms in total. The molecule has 0 aliphatic carbocycles. The fourth-order valence-corrected chi connectivity index (χ4v) is 1.33. The highest BCUT2D eigenvalue weighted by Crippen LogP contribution is 1.99. The van der Waals surface area contributed by atoms with Crippen molar-refractivity contribution in [1.82, 2.24) is 4.90 Å². The van der Waals surface area contributed by atoms with Crippen molar-refractivity contribution in [3.8, 4) is 0 Å².